The van der Waals surface area contributed by atoms with Crippen LogP contribution in [0.15, 0.2) is 59.4 Å². The van der Waals surface area contributed by atoms with Crippen molar-refractivity contribution >= 4 is 28.1 Å². The second-order valence-corrected chi connectivity index (χ2v) is 10.8. The Morgan fingerprint density at radius 2 is 2.00 bits per heavy atom. The number of aromatic nitrogens is 3. The summed E-state index contributed by atoms with van der Waals surface area (Å²) in [4.78, 5) is 31.6. The molecule has 4 aromatic rings. The minimum Gasteiger partial charge on any atom is -0.489 e. The third-order valence-corrected chi connectivity index (χ3v) is 7.78. The van der Waals surface area contributed by atoms with Crippen LogP contribution in [0.25, 0.3) is 10.9 Å². The topological polar surface area (TPSA) is 100 Å². The summed E-state index contributed by atoms with van der Waals surface area (Å²) < 4.78 is 6.05. The number of para-hydroxylation sites is 1. The van der Waals surface area contributed by atoms with Crippen LogP contribution in [0.3, 0.4) is 0 Å². The predicted molar refractivity (Wildman–Crippen MR) is 145 cm³/mol. The lowest BCUT2D eigenvalue weighted by Gasteiger charge is -2.39. The molecule has 37 heavy (non-hydrogen) atoms. The van der Waals surface area contributed by atoms with Gasteiger partial charge in [0, 0.05) is 53.3 Å². The number of carbonyl (C=O) groups excluding carboxylic acids is 1. The first-order valence-corrected chi connectivity index (χ1v) is 13.4. The molecular formula is C28H31N5O3S. The van der Waals surface area contributed by atoms with Gasteiger partial charge < -0.3 is 15.0 Å². The largest absolute Gasteiger partial charge is 0.489 e. The SMILES string of the molecule is Cc1cc(COc2ccc(C(=O)NC3CCN(C(C)C)CC3c3n[nH]c(=O)s3)cc2)c2ccccc2n1. The van der Waals surface area contributed by atoms with Crippen LogP contribution in [-0.2, 0) is 6.61 Å². The Labute approximate surface area is 219 Å². The predicted octanol–water partition coefficient (Wildman–Crippen LogP) is 4.26. The number of hydrogen-bond donors (Lipinski definition) is 2. The van der Waals surface area contributed by atoms with Crippen molar-refractivity contribution in [2.24, 2.45) is 0 Å². The van der Waals surface area contributed by atoms with Crippen LogP contribution >= 0.6 is 11.3 Å². The summed E-state index contributed by atoms with van der Waals surface area (Å²) in [6.07, 6.45) is 0.795. The summed E-state index contributed by atoms with van der Waals surface area (Å²) in [5.74, 6) is 0.517. The molecular weight excluding hydrogens is 486 g/mol. The average Bonchev–Trinajstić information content (AvgIpc) is 3.33. The summed E-state index contributed by atoms with van der Waals surface area (Å²) in [6, 6.07) is 17.6. The van der Waals surface area contributed by atoms with Gasteiger partial charge >= 0.3 is 4.87 Å². The Balaban J connectivity index is 1.25. The number of aromatic amines is 1. The molecule has 2 atom stereocenters. The zero-order valence-electron chi connectivity index (χ0n) is 21.2. The Morgan fingerprint density at radius 1 is 1.22 bits per heavy atom. The van der Waals surface area contributed by atoms with Gasteiger partial charge in [0.25, 0.3) is 5.91 Å². The summed E-state index contributed by atoms with van der Waals surface area (Å²) >= 11 is 1.12. The lowest BCUT2D eigenvalue weighted by atomic mass is 9.91. The highest BCUT2D eigenvalue weighted by Crippen LogP contribution is 2.29. The summed E-state index contributed by atoms with van der Waals surface area (Å²) in [5.41, 5.74) is 3.54. The Kier molecular flexibility index (Phi) is 7.34. The van der Waals surface area contributed by atoms with Crippen LogP contribution in [0.2, 0.25) is 0 Å². The Bertz CT molecular complexity index is 1450. The first kappa shape index (κ1) is 25.1. The van der Waals surface area contributed by atoms with Crippen LogP contribution in [0.1, 0.15) is 52.8 Å². The molecule has 0 saturated carbocycles. The third kappa shape index (κ3) is 5.73. The molecule has 1 aliphatic heterocycles. The van der Waals surface area contributed by atoms with Crippen molar-refractivity contribution in [1.82, 2.24) is 25.4 Å². The highest BCUT2D eigenvalue weighted by molar-refractivity contribution is 7.08. The molecule has 2 aromatic heterocycles. The molecule has 8 nitrogen and oxygen atoms in total. The first-order chi connectivity index (χ1) is 17.9. The van der Waals surface area contributed by atoms with E-state index in [1.165, 1.54) is 0 Å². The minimum absolute atomic E-state index is 0.0368. The second-order valence-electron chi connectivity index (χ2n) is 9.77. The number of hydrogen-bond acceptors (Lipinski definition) is 7. The molecule has 0 spiro atoms. The summed E-state index contributed by atoms with van der Waals surface area (Å²) in [6.45, 7) is 8.34. The zero-order valence-corrected chi connectivity index (χ0v) is 22.0. The number of carbonyl (C=O) groups is 1. The molecule has 1 aliphatic rings. The number of nitrogens with one attached hydrogen (secondary N) is 2. The first-order valence-electron chi connectivity index (χ1n) is 12.6. The van der Waals surface area contributed by atoms with E-state index in [1.54, 1.807) is 12.1 Å². The molecule has 2 aromatic carbocycles. The van der Waals surface area contributed by atoms with E-state index in [0.717, 1.165) is 58.0 Å². The van der Waals surface area contributed by atoms with Gasteiger partial charge in [-0.05, 0) is 63.6 Å². The number of H-pyrrole nitrogens is 1. The lowest BCUT2D eigenvalue weighted by Crippen LogP contribution is -2.51. The van der Waals surface area contributed by atoms with Gasteiger partial charge in [0.15, 0.2) is 0 Å². The van der Waals surface area contributed by atoms with E-state index < -0.39 is 0 Å². The Morgan fingerprint density at radius 3 is 2.73 bits per heavy atom. The number of benzene rings is 2. The van der Waals surface area contributed by atoms with Gasteiger partial charge in [0.05, 0.1) is 5.52 Å². The van der Waals surface area contributed by atoms with Crippen LogP contribution in [0.4, 0.5) is 0 Å². The van der Waals surface area contributed by atoms with E-state index >= 15 is 0 Å². The number of piperidine rings is 1. The fourth-order valence-corrected chi connectivity index (χ4v) is 5.66. The van der Waals surface area contributed by atoms with E-state index in [0.29, 0.717) is 24.0 Å². The molecule has 192 valence electrons. The molecule has 5 rings (SSSR count). The molecule has 9 heteroatoms. The summed E-state index contributed by atoms with van der Waals surface area (Å²) in [7, 11) is 0. The number of aryl methyl sites for hydroxylation is 1. The number of ether oxygens (including phenoxy) is 1. The van der Waals surface area contributed by atoms with Gasteiger partial charge in [0.1, 0.15) is 17.4 Å². The molecule has 2 N–H and O–H groups in total. The Hall–Kier alpha value is -3.56. The normalized spacial score (nSPS) is 18.3. The minimum atomic E-state index is -0.174. The molecule has 0 bridgehead atoms. The van der Waals surface area contributed by atoms with E-state index in [-0.39, 0.29) is 22.7 Å². The van der Waals surface area contributed by atoms with E-state index in [9.17, 15) is 9.59 Å². The maximum Gasteiger partial charge on any atom is 0.322 e. The maximum absolute atomic E-state index is 13.1. The van der Waals surface area contributed by atoms with Gasteiger partial charge in [-0.1, -0.05) is 29.5 Å². The average molecular weight is 518 g/mol. The van der Waals surface area contributed by atoms with Gasteiger partial charge in [-0.3, -0.25) is 14.6 Å². The molecule has 3 heterocycles. The number of pyridine rings is 1. The van der Waals surface area contributed by atoms with E-state index in [2.05, 4.69) is 45.3 Å². The highest BCUT2D eigenvalue weighted by Gasteiger charge is 2.34. The highest BCUT2D eigenvalue weighted by atomic mass is 32.1. The lowest BCUT2D eigenvalue weighted by molar-refractivity contribution is 0.0877. The zero-order chi connectivity index (χ0) is 25.9. The molecule has 1 fully saturated rings. The fraction of sp³-hybridized carbons (Fsp3) is 0.357. The van der Waals surface area contributed by atoms with E-state index in [1.807, 2.05) is 43.3 Å². The van der Waals surface area contributed by atoms with Crippen molar-refractivity contribution in [1.29, 1.82) is 0 Å². The van der Waals surface area contributed by atoms with Gasteiger partial charge in [-0.15, -0.1) is 0 Å². The van der Waals surface area contributed by atoms with Crippen molar-refractivity contribution in [3.8, 4) is 5.75 Å². The number of fused-ring (bicyclic) bond motifs is 1. The van der Waals surface area contributed by atoms with Crippen LogP contribution in [0, 0.1) is 6.92 Å². The number of rotatable bonds is 7. The van der Waals surface area contributed by atoms with Crippen LogP contribution in [-0.4, -0.2) is 51.2 Å². The van der Waals surface area contributed by atoms with E-state index in [4.69, 9.17) is 4.74 Å². The molecule has 2 unspecified atom stereocenters. The van der Waals surface area contributed by atoms with Crippen molar-refractivity contribution in [3.05, 3.63) is 86.1 Å². The van der Waals surface area contributed by atoms with Crippen molar-refractivity contribution in [2.45, 2.75) is 51.8 Å². The molecule has 1 amide bonds. The van der Waals surface area contributed by atoms with Crippen molar-refractivity contribution in [3.63, 3.8) is 0 Å². The monoisotopic (exact) mass is 517 g/mol. The van der Waals surface area contributed by atoms with Crippen molar-refractivity contribution < 1.29 is 9.53 Å². The second kappa shape index (κ2) is 10.8. The molecule has 0 aliphatic carbocycles. The maximum atomic E-state index is 13.1. The molecule has 1 saturated heterocycles. The van der Waals surface area contributed by atoms with Crippen LogP contribution in [0.5, 0.6) is 5.75 Å². The van der Waals surface area contributed by atoms with Gasteiger partial charge in [0.2, 0.25) is 0 Å². The van der Waals surface area contributed by atoms with Gasteiger partial charge in [-0.25, -0.2) is 5.10 Å². The molecule has 0 radical (unpaired) electrons. The van der Waals surface area contributed by atoms with Crippen LogP contribution < -0.4 is 14.9 Å². The number of amides is 1. The number of likely N-dealkylation sites (tertiary alicyclic amines) is 1. The van der Waals surface area contributed by atoms with Gasteiger partial charge in [-0.2, -0.15) is 5.10 Å². The number of nitrogens with zero attached hydrogens (tertiary/aromatic N) is 3. The standard InChI is InChI=1S/C28H31N5O3S/c1-17(2)33-13-12-25(23(15-33)27-31-32-28(35)37-27)30-26(34)19-8-10-21(11-9-19)36-16-20-14-18(3)29-24-7-5-4-6-22(20)24/h4-11,14,17,23,25H,12-13,15-16H2,1-3H3,(H,30,34)(H,32,35). The quantitative estimate of drug-likeness (QED) is 0.380. The fourth-order valence-electron chi connectivity index (χ4n) is 4.90. The van der Waals surface area contributed by atoms with Crippen molar-refractivity contribution in [2.75, 3.05) is 13.1 Å². The smallest absolute Gasteiger partial charge is 0.322 e. The summed E-state index contributed by atoms with van der Waals surface area (Å²) in [5, 5.41) is 11.8. The third-order valence-electron chi connectivity index (χ3n) is 6.90.